The Kier molecular flexibility index (Phi) is 7.72. The number of sulfonamides is 1. The van der Waals surface area contributed by atoms with Gasteiger partial charge in [0.25, 0.3) is 5.91 Å². The molecular formula is C16H22N2O7S. The predicted octanol–water partition coefficient (Wildman–Crippen LogP) is 0.399. The zero-order chi connectivity index (χ0) is 19.9. The highest BCUT2D eigenvalue weighted by molar-refractivity contribution is 7.89. The van der Waals surface area contributed by atoms with E-state index in [1.54, 1.807) is 24.3 Å². The molecule has 0 aromatic heterocycles. The number of para-hydroxylation sites is 1. The summed E-state index contributed by atoms with van der Waals surface area (Å²) in [6.45, 7) is 3.70. The molecule has 1 aromatic rings. The van der Waals surface area contributed by atoms with Crippen LogP contribution in [0.15, 0.2) is 24.3 Å². The minimum Gasteiger partial charge on any atom is -0.491 e. The normalized spacial score (nSPS) is 11.1. The molecule has 10 heteroatoms. The van der Waals surface area contributed by atoms with Crippen molar-refractivity contribution in [3.63, 3.8) is 0 Å². The zero-order valence-corrected chi connectivity index (χ0v) is 15.8. The van der Waals surface area contributed by atoms with Crippen molar-refractivity contribution in [2.45, 2.75) is 32.9 Å². The smallest absolute Gasteiger partial charge is 0.301 e. The molecule has 0 aliphatic rings. The van der Waals surface area contributed by atoms with Crippen molar-refractivity contribution in [3.05, 3.63) is 29.8 Å². The Morgan fingerprint density at radius 2 is 1.81 bits per heavy atom. The summed E-state index contributed by atoms with van der Waals surface area (Å²) in [5.74, 6) is -2.80. The number of nitrogens with one attached hydrogen (secondary N) is 1. The lowest BCUT2D eigenvalue weighted by Crippen LogP contribution is -2.39. The summed E-state index contributed by atoms with van der Waals surface area (Å²) in [6.07, 6.45) is -0.181. The summed E-state index contributed by atoms with van der Waals surface area (Å²) in [7, 11) is -2.65. The van der Waals surface area contributed by atoms with Crippen LogP contribution in [-0.4, -0.2) is 50.5 Å². The van der Waals surface area contributed by atoms with E-state index in [4.69, 9.17) is 9.57 Å². The van der Waals surface area contributed by atoms with Crippen molar-refractivity contribution in [2.75, 3.05) is 13.4 Å². The number of hydroxylamine groups is 2. The molecule has 0 atom stereocenters. The number of nitrogens with zero attached hydrogens (tertiary/aromatic N) is 1. The summed E-state index contributed by atoms with van der Waals surface area (Å²) in [6, 6.07) is 7.00. The minimum atomic E-state index is -3.89. The van der Waals surface area contributed by atoms with Crippen LogP contribution in [0.1, 0.15) is 25.8 Å². The first-order valence-electron chi connectivity index (χ1n) is 7.67. The van der Waals surface area contributed by atoms with E-state index in [2.05, 4.69) is 0 Å². The second-order valence-electron chi connectivity index (χ2n) is 5.69. The largest absolute Gasteiger partial charge is 0.491 e. The molecule has 1 rings (SSSR count). The quantitative estimate of drug-likeness (QED) is 0.371. The van der Waals surface area contributed by atoms with Crippen LogP contribution in [0.5, 0.6) is 5.75 Å². The van der Waals surface area contributed by atoms with Gasteiger partial charge in [0.05, 0.1) is 32.4 Å². The fourth-order valence-electron chi connectivity index (χ4n) is 1.94. The van der Waals surface area contributed by atoms with Crippen LogP contribution < -0.4 is 9.46 Å². The Morgan fingerprint density at radius 3 is 2.35 bits per heavy atom. The Hall–Kier alpha value is -2.46. The fraction of sp³-hybridized carbons (Fsp3) is 0.438. The van der Waals surface area contributed by atoms with Crippen LogP contribution in [0.4, 0.5) is 0 Å². The molecule has 0 aliphatic carbocycles. The van der Waals surface area contributed by atoms with Crippen molar-refractivity contribution >= 4 is 27.6 Å². The van der Waals surface area contributed by atoms with Gasteiger partial charge in [-0.2, -0.15) is 0 Å². The fourth-order valence-corrected chi connectivity index (χ4v) is 2.39. The molecule has 144 valence electrons. The zero-order valence-electron chi connectivity index (χ0n) is 15.0. The first kappa shape index (κ1) is 21.6. The van der Waals surface area contributed by atoms with Crippen LogP contribution in [0.2, 0.25) is 0 Å². The molecule has 0 saturated heterocycles. The summed E-state index contributed by atoms with van der Waals surface area (Å²) < 4.78 is 29.1. The van der Waals surface area contributed by atoms with Crippen LogP contribution in [0, 0.1) is 0 Å². The number of rotatable bonds is 9. The van der Waals surface area contributed by atoms with Crippen LogP contribution in [0.3, 0.4) is 0 Å². The van der Waals surface area contributed by atoms with E-state index in [0.717, 1.165) is 11.3 Å². The monoisotopic (exact) mass is 386 g/mol. The number of amides is 2. The standard InChI is InChI=1S/C16H22N2O7S/c1-11(2)25-14-8-6-5-7-12(14)10-18(24-3)15(20)9-13(19)16(21)17-26(4,22)23/h5-8,11H,9-10H2,1-4H3,(H,17,21). The molecule has 2 amide bonds. The number of hydrogen-bond acceptors (Lipinski definition) is 7. The highest BCUT2D eigenvalue weighted by Gasteiger charge is 2.25. The number of hydrogen-bond donors (Lipinski definition) is 1. The van der Waals surface area contributed by atoms with Gasteiger partial charge in [-0.1, -0.05) is 18.2 Å². The van der Waals surface area contributed by atoms with E-state index in [-0.39, 0.29) is 12.6 Å². The van der Waals surface area contributed by atoms with E-state index < -0.39 is 34.0 Å². The minimum absolute atomic E-state index is 0.0147. The molecule has 1 N–H and O–H groups in total. The number of benzene rings is 1. The van der Waals surface area contributed by atoms with E-state index in [1.807, 2.05) is 13.8 Å². The number of ketones is 1. The second kappa shape index (κ2) is 9.30. The summed E-state index contributed by atoms with van der Waals surface area (Å²) in [4.78, 5) is 40.4. The van der Waals surface area contributed by atoms with Gasteiger partial charge in [-0.25, -0.2) is 18.2 Å². The maximum atomic E-state index is 12.2. The highest BCUT2D eigenvalue weighted by Crippen LogP contribution is 2.21. The molecule has 0 fully saturated rings. The summed E-state index contributed by atoms with van der Waals surface area (Å²) in [5.41, 5.74) is 0.643. The lowest BCUT2D eigenvalue weighted by Gasteiger charge is -2.21. The molecule has 9 nitrogen and oxygen atoms in total. The van der Waals surface area contributed by atoms with Crippen LogP contribution >= 0.6 is 0 Å². The van der Waals surface area contributed by atoms with Gasteiger partial charge in [-0.05, 0) is 19.9 Å². The Labute approximate surface area is 152 Å². The van der Waals surface area contributed by atoms with Crippen molar-refractivity contribution in [1.29, 1.82) is 0 Å². The van der Waals surface area contributed by atoms with E-state index in [9.17, 15) is 22.8 Å². The maximum absolute atomic E-state index is 12.2. The van der Waals surface area contributed by atoms with Gasteiger partial charge in [0.2, 0.25) is 15.8 Å². The molecule has 26 heavy (non-hydrogen) atoms. The Morgan fingerprint density at radius 1 is 1.19 bits per heavy atom. The molecule has 0 bridgehead atoms. The van der Waals surface area contributed by atoms with Gasteiger partial charge in [-0.3, -0.25) is 19.2 Å². The molecule has 1 aromatic carbocycles. The lowest BCUT2D eigenvalue weighted by molar-refractivity contribution is -0.180. The summed E-state index contributed by atoms with van der Waals surface area (Å²) >= 11 is 0. The molecule has 0 radical (unpaired) electrons. The van der Waals surface area contributed by atoms with Crippen molar-refractivity contribution in [3.8, 4) is 5.75 Å². The second-order valence-corrected chi connectivity index (χ2v) is 7.44. The Bertz CT molecular complexity index is 775. The highest BCUT2D eigenvalue weighted by atomic mass is 32.2. The molecule has 0 aliphatic heterocycles. The topological polar surface area (TPSA) is 119 Å². The van der Waals surface area contributed by atoms with Gasteiger partial charge >= 0.3 is 5.91 Å². The van der Waals surface area contributed by atoms with Gasteiger partial charge < -0.3 is 4.74 Å². The van der Waals surface area contributed by atoms with Crippen LogP contribution in [-0.2, 0) is 35.8 Å². The third-order valence-electron chi connectivity index (χ3n) is 2.99. The third kappa shape index (κ3) is 7.19. The van der Waals surface area contributed by atoms with E-state index in [1.165, 1.54) is 11.8 Å². The van der Waals surface area contributed by atoms with E-state index >= 15 is 0 Å². The molecule has 0 heterocycles. The molecule has 0 unspecified atom stereocenters. The third-order valence-corrected chi connectivity index (χ3v) is 3.55. The van der Waals surface area contributed by atoms with Gasteiger partial charge in [0, 0.05) is 5.56 Å². The van der Waals surface area contributed by atoms with Gasteiger partial charge in [0.1, 0.15) is 5.75 Å². The average Bonchev–Trinajstić information content (AvgIpc) is 2.51. The number of Topliss-reactive ketones (excluding diaryl/α,β-unsaturated/α-hetero) is 1. The first-order chi connectivity index (χ1) is 12.0. The number of carbonyl (C=O) groups excluding carboxylic acids is 3. The molecule has 0 saturated carbocycles. The van der Waals surface area contributed by atoms with Crippen LogP contribution in [0.25, 0.3) is 0 Å². The van der Waals surface area contributed by atoms with Crippen molar-refractivity contribution < 1.29 is 32.4 Å². The number of ether oxygens (including phenoxy) is 1. The van der Waals surface area contributed by atoms with E-state index in [0.29, 0.717) is 11.3 Å². The molecular weight excluding hydrogens is 364 g/mol. The maximum Gasteiger partial charge on any atom is 0.301 e. The molecule has 0 spiro atoms. The average molecular weight is 386 g/mol. The lowest BCUT2D eigenvalue weighted by atomic mass is 10.2. The SMILES string of the molecule is CON(Cc1ccccc1OC(C)C)C(=O)CC(=O)C(=O)NS(C)(=O)=O. The van der Waals surface area contributed by atoms with Crippen molar-refractivity contribution in [1.82, 2.24) is 9.79 Å². The number of carbonyl (C=O) groups is 3. The van der Waals surface area contributed by atoms with Gasteiger partial charge in [0.15, 0.2) is 0 Å². The van der Waals surface area contributed by atoms with Crippen molar-refractivity contribution in [2.24, 2.45) is 0 Å². The van der Waals surface area contributed by atoms with Gasteiger partial charge in [-0.15, -0.1) is 0 Å². The predicted molar refractivity (Wildman–Crippen MR) is 92.4 cm³/mol. The summed E-state index contributed by atoms with van der Waals surface area (Å²) in [5, 5.41) is 0.897. The first-order valence-corrected chi connectivity index (χ1v) is 9.56. The Balaban J connectivity index is 2.82.